The third-order valence-electron chi connectivity index (χ3n) is 2.83. The Bertz CT molecular complexity index is 603. The summed E-state index contributed by atoms with van der Waals surface area (Å²) in [5.74, 6) is -1.34. The minimum atomic E-state index is -4.08. The fourth-order valence-corrected chi connectivity index (χ4v) is 3.16. The van der Waals surface area contributed by atoms with Gasteiger partial charge in [0.25, 0.3) is 0 Å². The second-order valence-corrected chi connectivity index (χ2v) is 5.98. The quantitative estimate of drug-likeness (QED) is 0.679. The number of amides is 1. The smallest absolute Gasteiger partial charge is 0.244 e. The Hall–Kier alpha value is -1.67. The molecule has 0 radical (unpaired) electrons. The second-order valence-electron chi connectivity index (χ2n) is 4.30. The number of nitrogens with one attached hydrogen (secondary N) is 2. The average molecular weight is 287 g/mol. The van der Waals surface area contributed by atoms with Gasteiger partial charge in [0.2, 0.25) is 15.9 Å². The molecule has 2 rings (SSSR count). The lowest BCUT2D eigenvalue weighted by atomic mass is 10.1. The molecule has 1 fully saturated rings. The van der Waals surface area contributed by atoms with Crippen LogP contribution < -0.4 is 15.8 Å². The van der Waals surface area contributed by atoms with Gasteiger partial charge in [-0.3, -0.25) is 4.79 Å². The maximum atomic E-state index is 13.6. The summed E-state index contributed by atoms with van der Waals surface area (Å²) in [4.78, 5) is 11.0. The maximum absolute atomic E-state index is 13.6. The van der Waals surface area contributed by atoms with Gasteiger partial charge in [-0.25, -0.2) is 12.8 Å². The lowest BCUT2D eigenvalue weighted by Crippen LogP contribution is -2.50. The normalized spacial score (nSPS) is 20.1. The summed E-state index contributed by atoms with van der Waals surface area (Å²) in [7, 11) is -4.08. The van der Waals surface area contributed by atoms with Crippen LogP contribution in [0, 0.1) is 5.82 Å². The number of hydrogen-bond donors (Lipinski definition) is 3. The first-order valence-electron chi connectivity index (χ1n) is 5.75. The van der Waals surface area contributed by atoms with Crippen LogP contribution in [0.5, 0.6) is 0 Å². The molecule has 0 saturated carbocycles. The number of nitrogens with two attached hydrogens (primary N) is 1. The van der Waals surface area contributed by atoms with Crippen molar-refractivity contribution in [2.75, 3.05) is 12.3 Å². The number of nitrogen functional groups attached to an aromatic ring is 1. The Labute approximate surface area is 110 Å². The Morgan fingerprint density at radius 3 is 2.79 bits per heavy atom. The summed E-state index contributed by atoms with van der Waals surface area (Å²) in [5, 5.41) is 2.55. The van der Waals surface area contributed by atoms with Crippen molar-refractivity contribution in [3.63, 3.8) is 0 Å². The topological polar surface area (TPSA) is 101 Å². The van der Waals surface area contributed by atoms with E-state index < -0.39 is 32.7 Å². The summed E-state index contributed by atoms with van der Waals surface area (Å²) in [6.07, 6.45) is 1.06. The van der Waals surface area contributed by atoms with Crippen molar-refractivity contribution in [3.05, 3.63) is 24.0 Å². The highest BCUT2D eigenvalue weighted by Gasteiger charge is 2.29. The van der Waals surface area contributed by atoms with E-state index >= 15 is 0 Å². The van der Waals surface area contributed by atoms with Crippen molar-refractivity contribution in [1.82, 2.24) is 10.0 Å². The summed E-state index contributed by atoms with van der Waals surface area (Å²) in [6, 6.07) is 2.43. The Kier molecular flexibility index (Phi) is 3.72. The fourth-order valence-electron chi connectivity index (χ4n) is 1.87. The van der Waals surface area contributed by atoms with Gasteiger partial charge in [0.05, 0.1) is 0 Å². The zero-order valence-corrected chi connectivity index (χ0v) is 10.8. The van der Waals surface area contributed by atoms with E-state index in [0.717, 1.165) is 12.1 Å². The molecule has 1 aliphatic rings. The molecule has 1 unspecified atom stereocenters. The lowest BCUT2D eigenvalue weighted by Gasteiger charge is -2.22. The molecule has 0 aromatic heterocycles. The maximum Gasteiger partial charge on any atom is 0.244 e. The van der Waals surface area contributed by atoms with E-state index in [1.54, 1.807) is 0 Å². The van der Waals surface area contributed by atoms with Crippen LogP contribution >= 0.6 is 0 Å². The Morgan fingerprint density at radius 2 is 2.16 bits per heavy atom. The minimum Gasteiger partial charge on any atom is -0.399 e. The van der Waals surface area contributed by atoms with Crippen molar-refractivity contribution in [1.29, 1.82) is 0 Å². The van der Waals surface area contributed by atoms with Gasteiger partial charge in [-0.05, 0) is 31.0 Å². The SMILES string of the molecule is Nc1ccc(S(=O)(=O)NC2CCCNC2=O)c(F)c1. The third-order valence-corrected chi connectivity index (χ3v) is 4.33. The Morgan fingerprint density at radius 1 is 1.42 bits per heavy atom. The average Bonchev–Trinajstić information content (AvgIpc) is 2.31. The summed E-state index contributed by atoms with van der Waals surface area (Å²) in [5.41, 5.74) is 5.49. The van der Waals surface area contributed by atoms with Gasteiger partial charge in [0, 0.05) is 12.2 Å². The van der Waals surface area contributed by atoms with E-state index in [1.165, 1.54) is 6.07 Å². The molecule has 1 aromatic carbocycles. The van der Waals surface area contributed by atoms with Crippen molar-refractivity contribution in [3.8, 4) is 0 Å². The molecule has 0 aliphatic carbocycles. The molecule has 1 heterocycles. The second kappa shape index (κ2) is 5.14. The van der Waals surface area contributed by atoms with E-state index in [-0.39, 0.29) is 5.69 Å². The third kappa shape index (κ3) is 3.02. The van der Waals surface area contributed by atoms with Crippen LogP contribution in [-0.4, -0.2) is 26.9 Å². The molecular formula is C11H14FN3O3S. The largest absolute Gasteiger partial charge is 0.399 e. The van der Waals surface area contributed by atoms with Gasteiger partial charge in [0.1, 0.15) is 16.8 Å². The van der Waals surface area contributed by atoms with Crippen LogP contribution in [0.25, 0.3) is 0 Å². The lowest BCUT2D eigenvalue weighted by molar-refractivity contribution is -0.124. The molecule has 104 valence electrons. The number of halogens is 1. The van der Waals surface area contributed by atoms with E-state index in [4.69, 9.17) is 5.73 Å². The molecule has 1 atom stereocenters. The first-order valence-corrected chi connectivity index (χ1v) is 7.23. The number of hydrogen-bond acceptors (Lipinski definition) is 4. The Balaban J connectivity index is 2.24. The molecule has 19 heavy (non-hydrogen) atoms. The number of sulfonamides is 1. The number of piperidine rings is 1. The predicted molar refractivity (Wildman–Crippen MR) is 67.2 cm³/mol. The first kappa shape index (κ1) is 13.8. The predicted octanol–water partition coefficient (Wildman–Crippen LogP) is -0.0352. The highest BCUT2D eigenvalue weighted by molar-refractivity contribution is 7.89. The van der Waals surface area contributed by atoms with Gasteiger partial charge in [-0.15, -0.1) is 0 Å². The molecule has 1 aromatic rings. The molecule has 1 aliphatic heterocycles. The van der Waals surface area contributed by atoms with Crippen LogP contribution in [-0.2, 0) is 14.8 Å². The molecule has 0 bridgehead atoms. The molecule has 6 nitrogen and oxygen atoms in total. The van der Waals surface area contributed by atoms with E-state index in [1.807, 2.05) is 0 Å². The highest BCUT2D eigenvalue weighted by Crippen LogP contribution is 2.18. The van der Waals surface area contributed by atoms with E-state index in [9.17, 15) is 17.6 Å². The van der Waals surface area contributed by atoms with Crippen LogP contribution in [0.2, 0.25) is 0 Å². The summed E-state index contributed by atoms with van der Waals surface area (Å²) < 4.78 is 39.8. The van der Waals surface area contributed by atoms with E-state index in [0.29, 0.717) is 19.4 Å². The van der Waals surface area contributed by atoms with Crippen LogP contribution in [0.3, 0.4) is 0 Å². The zero-order valence-electron chi connectivity index (χ0n) is 10.0. The molecule has 8 heteroatoms. The fraction of sp³-hybridized carbons (Fsp3) is 0.364. The molecule has 4 N–H and O–H groups in total. The number of rotatable bonds is 3. The molecular weight excluding hydrogens is 273 g/mol. The first-order chi connectivity index (χ1) is 8.90. The molecule has 1 saturated heterocycles. The van der Waals surface area contributed by atoms with Crippen LogP contribution in [0.4, 0.5) is 10.1 Å². The van der Waals surface area contributed by atoms with Crippen LogP contribution in [0.1, 0.15) is 12.8 Å². The van der Waals surface area contributed by atoms with Gasteiger partial charge in [-0.2, -0.15) is 4.72 Å². The number of carbonyl (C=O) groups is 1. The van der Waals surface area contributed by atoms with Gasteiger partial charge in [0.15, 0.2) is 0 Å². The summed E-state index contributed by atoms with van der Waals surface area (Å²) in [6.45, 7) is 0.521. The summed E-state index contributed by atoms with van der Waals surface area (Å²) >= 11 is 0. The van der Waals surface area contributed by atoms with E-state index in [2.05, 4.69) is 10.0 Å². The van der Waals surface area contributed by atoms with Gasteiger partial charge in [-0.1, -0.05) is 0 Å². The standard InChI is InChI=1S/C11H14FN3O3S/c12-8-6-7(13)3-4-10(8)19(17,18)15-9-2-1-5-14-11(9)16/h3-4,6,9,15H,1-2,5,13H2,(H,14,16). The minimum absolute atomic E-state index is 0.131. The zero-order chi connectivity index (χ0) is 14.0. The van der Waals surface area contributed by atoms with Crippen molar-refractivity contribution in [2.24, 2.45) is 0 Å². The molecule has 0 spiro atoms. The number of benzene rings is 1. The number of carbonyl (C=O) groups excluding carboxylic acids is 1. The van der Waals surface area contributed by atoms with Crippen molar-refractivity contribution >= 4 is 21.6 Å². The number of anilines is 1. The monoisotopic (exact) mass is 287 g/mol. The molecule has 1 amide bonds. The van der Waals surface area contributed by atoms with Gasteiger partial charge < -0.3 is 11.1 Å². The van der Waals surface area contributed by atoms with Crippen molar-refractivity contribution in [2.45, 2.75) is 23.8 Å². The van der Waals surface area contributed by atoms with Gasteiger partial charge >= 0.3 is 0 Å². The highest BCUT2D eigenvalue weighted by atomic mass is 32.2. The van der Waals surface area contributed by atoms with Crippen LogP contribution in [0.15, 0.2) is 23.1 Å². The van der Waals surface area contributed by atoms with Crippen molar-refractivity contribution < 1.29 is 17.6 Å².